The van der Waals surface area contributed by atoms with E-state index in [2.05, 4.69) is 21.6 Å². The van der Waals surface area contributed by atoms with Crippen LogP contribution in [0.5, 0.6) is 0 Å². The van der Waals surface area contributed by atoms with E-state index in [1.165, 1.54) is 4.88 Å². The molecule has 0 amide bonds. The third-order valence-electron chi connectivity index (χ3n) is 2.17. The number of hydrogen-bond donors (Lipinski definition) is 1. The highest BCUT2D eigenvalue weighted by atomic mass is 32.2. The molecular weight excluding hydrogens is 256 g/mol. The van der Waals surface area contributed by atoms with Crippen molar-refractivity contribution < 1.29 is 5.11 Å². The van der Waals surface area contributed by atoms with Crippen LogP contribution < -0.4 is 0 Å². The van der Waals surface area contributed by atoms with E-state index >= 15 is 0 Å². The fraction of sp³-hybridized carbons (Fsp3) is 0.500. The van der Waals surface area contributed by atoms with Gasteiger partial charge in [-0.15, -0.1) is 16.4 Å². The Bertz CT molecular complexity index is 429. The van der Waals surface area contributed by atoms with Crippen molar-refractivity contribution in [1.29, 1.82) is 0 Å². The molecule has 7 heteroatoms. The van der Waals surface area contributed by atoms with Gasteiger partial charge in [0.2, 0.25) is 5.16 Å². The van der Waals surface area contributed by atoms with Crippen LogP contribution in [-0.4, -0.2) is 37.7 Å². The van der Waals surface area contributed by atoms with Crippen molar-refractivity contribution in [3.8, 4) is 0 Å². The van der Waals surface area contributed by atoms with Crippen molar-refractivity contribution in [3.63, 3.8) is 0 Å². The molecule has 17 heavy (non-hydrogen) atoms. The highest BCUT2D eigenvalue weighted by molar-refractivity contribution is 7.99. The Hall–Kier alpha value is -0.920. The first-order valence-electron chi connectivity index (χ1n) is 5.42. The predicted molar refractivity (Wildman–Crippen MR) is 68.3 cm³/mol. The second kappa shape index (κ2) is 6.73. The van der Waals surface area contributed by atoms with Crippen LogP contribution in [0.4, 0.5) is 0 Å². The van der Waals surface area contributed by atoms with Crippen molar-refractivity contribution in [3.05, 3.63) is 22.4 Å². The summed E-state index contributed by atoms with van der Waals surface area (Å²) in [4.78, 5) is 1.24. The van der Waals surface area contributed by atoms with Crippen LogP contribution in [0.3, 0.4) is 0 Å². The van der Waals surface area contributed by atoms with Crippen molar-refractivity contribution in [1.82, 2.24) is 20.2 Å². The molecule has 1 N–H and O–H groups in total. The van der Waals surface area contributed by atoms with E-state index in [9.17, 15) is 0 Å². The van der Waals surface area contributed by atoms with Crippen molar-refractivity contribution in [2.75, 3.05) is 12.4 Å². The summed E-state index contributed by atoms with van der Waals surface area (Å²) >= 11 is 3.34. The third kappa shape index (κ3) is 3.79. The van der Waals surface area contributed by atoms with Crippen molar-refractivity contribution in [2.24, 2.45) is 0 Å². The Morgan fingerprint density at radius 3 is 3.12 bits per heavy atom. The monoisotopic (exact) mass is 270 g/mol. The molecule has 0 aliphatic rings. The molecule has 5 nitrogen and oxygen atoms in total. The first kappa shape index (κ1) is 12.5. The van der Waals surface area contributed by atoms with Gasteiger partial charge in [-0.05, 0) is 34.7 Å². The Balaban J connectivity index is 1.88. The molecule has 0 aliphatic carbocycles. The Labute approximate surface area is 108 Å². The lowest BCUT2D eigenvalue weighted by Gasteiger charge is -2.02. The standard InChI is InChI=1S/C10H14N4OS2/c15-5-1-2-6-17-10-11-12-13-14(10)8-9-4-3-7-16-9/h3-4,7,15H,1-2,5-6,8H2. The van der Waals surface area contributed by atoms with Crippen LogP contribution in [0.15, 0.2) is 22.7 Å². The fourth-order valence-corrected chi connectivity index (χ4v) is 2.89. The summed E-state index contributed by atoms with van der Waals surface area (Å²) in [5, 5.41) is 23.3. The zero-order chi connectivity index (χ0) is 11.9. The average molecular weight is 270 g/mol. The largest absolute Gasteiger partial charge is 0.396 e. The highest BCUT2D eigenvalue weighted by Gasteiger charge is 2.07. The van der Waals surface area contributed by atoms with E-state index in [0.29, 0.717) is 0 Å². The Morgan fingerprint density at radius 2 is 2.35 bits per heavy atom. The highest BCUT2D eigenvalue weighted by Crippen LogP contribution is 2.18. The molecule has 2 rings (SSSR count). The Kier molecular flexibility index (Phi) is 4.96. The molecule has 0 fully saturated rings. The number of aromatic nitrogens is 4. The lowest BCUT2D eigenvalue weighted by atomic mass is 10.4. The van der Waals surface area contributed by atoms with Gasteiger partial charge in [-0.2, -0.15) is 0 Å². The molecule has 0 radical (unpaired) electrons. The number of thiophene rings is 1. The second-order valence-corrected chi connectivity index (χ2v) is 5.57. The maximum Gasteiger partial charge on any atom is 0.209 e. The van der Waals surface area contributed by atoms with Gasteiger partial charge < -0.3 is 5.11 Å². The summed E-state index contributed by atoms with van der Waals surface area (Å²) in [6, 6.07) is 4.10. The molecule has 0 spiro atoms. The van der Waals surface area contributed by atoms with Crippen molar-refractivity contribution in [2.45, 2.75) is 24.5 Å². The third-order valence-corrected chi connectivity index (χ3v) is 4.07. The molecule has 2 heterocycles. The van der Waals surface area contributed by atoms with Gasteiger partial charge in [0.05, 0.1) is 6.54 Å². The second-order valence-electron chi connectivity index (χ2n) is 3.48. The van der Waals surface area contributed by atoms with Gasteiger partial charge in [0.25, 0.3) is 0 Å². The smallest absolute Gasteiger partial charge is 0.209 e. The molecular formula is C10H14N4OS2. The van der Waals surface area contributed by atoms with Gasteiger partial charge in [0, 0.05) is 17.2 Å². The van der Waals surface area contributed by atoms with Crippen LogP contribution >= 0.6 is 23.1 Å². The topological polar surface area (TPSA) is 63.8 Å². The van der Waals surface area contributed by atoms with Crippen molar-refractivity contribution >= 4 is 23.1 Å². The number of aliphatic hydroxyl groups excluding tert-OH is 1. The van der Waals surface area contributed by atoms with Crippen LogP contribution in [0.2, 0.25) is 0 Å². The predicted octanol–water partition coefficient (Wildman–Crippen LogP) is 1.65. The van der Waals surface area contributed by atoms with Gasteiger partial charge in [0.15, 0.2) is 0 Å². The minimum absolute atomic E-state index is 0.251. The molecule has 2 aromatic rings. The zero-order valence-corrected chi connectivity index (χ0v) is 11.0. The maximum absolute atomic E-state index is 8.70. The Morgan fingerprint density at radius 1 is 1.41 bits per heavy atom. The van der Waals surface area contributed by atoms with Gasteiger partial charge in [0.1, 0.15) is 0 Å². The van der Waals surface area contributed by atoms with Crippen LogP contribution in [0.1, 0.15) is 17.7 Å². The number of unbranched alkanes of at least 4 members (excludes halogenated alkanes) is 1. The van der Waals surface area contributed by atoms with Gasteiger partial charge in [-0.3, -0.25) is 0 Å². The van der Waals surface area contributed by atoms with Crippen LogP contribution in [-0.2, 0) is 6.54 Å². The summed E-state index contributed by atoms with van der Waals surface area (Å²) in [6.07, 6.45) is 1.81. The summed E-state index contributed by atoms with van der Waals surface area (Å²) in [6.45, 7) is 0.980. The minimum atomic E-state index is 0.251. The molecule has 0 bridgehead atoms. The number of rotatable bonds is 7. The molecule has 92 valence electrons. The normalized spacial score (nSPS) is 10.9. The first-order chi connectivity index (χ1) is 8.40. The number of thioether (sulfide) groups is 1. The molecule has 0 aliphatic heterocycles. The minimum Gasteiger partial charge on any atom is -0.396 e. The van der Waals surface area contributed by atoms with Gasteiger partial charge in [-0.25, -0.2) is 4.68 Å². The summed E-state index contributed by atoms with van der Waals surface area (Å²) in [5.74, 6) is 0.936. The number of hydrogen-bond acceptors (Lipinski definition) is 6. The first-order valence-corrected chi connectivity index (χ1v) is 7.29. The molecule has 0 saturated heterocycles. The maximum atomic E-state index is 8.70. The fourth-order valence-electron chi connectivity index (χ4n) is 1.33. The van der Waals surface area contributed by atoms with E-state index < -0.39 is 0 Å². The summed E-state index contributed by atoms with van der Waals surface area (Å²) in [5.41, 5.74) is 0. The number of aliphatic hydroxyl groups is 1. The molecule has 0 saturated carbocycles. The SMILES string of the molecule is OCCCCSc1nnnn1Cc1cccs1. The lowest BCUT2D eigenvalue weighted by Crippen LogP contribution is -2.02. The quantitative estimate of drug-likeness (QED) is 0.612. The van der Waals surface area contributed by atoms with E-state index in [1.54, 1.807) is 23.1 Å². The average Bonchev–Trinajstić information content (AvgIpc) is 2.97. The molecule has 2 aromatic heterocycles. The van der Waals surface area contributed by atoms with E-state index in [-0.39, 0.29) is 6.61 Å². The van der Waals surface area contributed by atoms with Gasteiger partial charge in [-0.1, -0.05) is 17.8 Å². The van der Waals surface area contributed by atoms with E-state index in [1.807, 2.05) is 16.1 Å². The molecule has 0 atom stereocenters. The molecule has 0 aromatic carbocycles. The van der Waals surface area contributed by atoms with Gasteiger partial charge >= 0.3 is 0 Å². The van der Waals surface area contributed by atoms with Crippen LogP contribution in [0.25, 0.3) is 0 Å². The van der Waals surface area contributed by atoms with E-state index in [0.717, 1.165) is 30.3 Å². The van der Waals surface area contributed by atoms with E-state index in [4.69, 9.17) is 5.11 Å². The number of nitrogens with zero attached hydrogens (tertiary/aromatic N) is 4. The lowest BCUT2D eigenvalue weighted by molar-refractivity contribution is 0.287. The summed E-state index contributed by atoms with van der Waals surface area (Å²) < 4.78 is 1.81. The zero-order valence-electron chi connectivity index (χ0n) is 9.32. The molecule has 0 unspecified atom stereocenters. The number of tetrazole rings is 1. The van der Waals surface area contributed by atoms with Crippen LogP contribution in [0, 0.1) is 0 Å². The summed E-state index contributed by atoms with van der Waals surface area (Å²) in [7, 11) is 0.